The van der Waals surface area contributed by atoms with E-state index in [-0.39, 0.29) is 11.8 Å². The maximum Gasteiger partial charge on any atom is 0.245 e. The first kappa shape index (κ1) is 22.6. The number of aromatic nitrogens is 3. The molecule has 1 atom stereocenters. The summed E-state index contributed by atoms with van der Waals surface area (Å²) in [5.41, 5.74) is 2.91. The van der Waals surface area contributed by atoms with Gasteiger partial charge in [-0.1, -0.05) is 0 Å². The SMILES string of the molecule is CCN(CC)C(=O)C(C)N(CC)C(=O)CCCCc1cc(-c2cccnc2)n[nH]1. The molecule has 0 aromatic carbocycles. The van der Waals surface area contributed by atoms with Crippen molar-refractivity contribution in [3.63, 3.8) is 0 Å². The monoisotopic (exact) mass is 399 g/mol. The van der Waals surface area contributed by atoms with Crippen LogP contribution in [0.1, 0.15) is 52.7 Å². The molecule has 0 spiro atoms. The summed E-state index contributed by atoms with van der Waals surface area (Å²) in [5, 5.41) is 7.40. The first-order valence-electron chi connectivity index (χ1n) is 10.5. The van der Waals surface area contributed by atoms with Gasteiger partial charge in [0.25, 0.3) is 0 Å². The van der Waals surface area contributed by atoms with Crippen molar-refractivity contribution < 1.29 is 9.59 Å². The van der Waals surface area contributed by atoms with Gasteiger partial charge in [-0.05, 0) is 65.2 Å². The molecule has 1 unspecified atom stereocenters. The van der Waals surface area contributed by atoms with Gasteiger partial charge in [-0.15, -0.1) is 0 Å². The normalized spacial score (nSPS) is 11.9. The second kappa shape index (κ2) is 11.3. The summed E-state index contributed by atoms with van der Waals surface area (Å²) < 4.78 is 0. The number of aryl methyl sites for hydroxylation is 1. The number of H-pyrrole nitrogens is 1. The number of rotatable bonds is 11. The number of unbranched alkanes of at least 4 members (excludes halogenated alkanes) is 1. The van der Waals surface area contributed by atoms with Crippen molar-refractivity contribution in [1.82, 2.24) is 25.0 Å². The van der Waals surface area contributed by atoms with E-state index in [1.807, 2.05) is 45.9 Å². The number of amides is 2. The van der Waals surface area contributed by atoms with E-state index in [0.29, 0.717) is 26.1 Å². The van der Waals surface area contributed by atoms with Crippen LogP contribution in [0.2, 0.25) is 0 Å². The van der Waals surface area contributed by atoms with Crippen LogP contribution in [0.25, 0.3) is 11.3 Å². The second-order valence-corrected chi connectivity index (χ2v) is 7.09. The molecule has 0 saturated heterocycles. The summed E-state index contributed by atoms with van der Waals surface area (Å²) in [5.74, 6) is 0.0618. The van der Waals surface area contributed by atoms with Crippen molar-refractivity contribution in [2.75, 3.05) is 19.6 Å². The number of hydrogen-bond acceptors (Lipinski definition) is 4. The molecule has 0 fully saturated rings. The first-order valence-corrected chi connectivity index (χ1v) is 10.5. The fourth-order valence-electron chi connectivity index (χ4n) is 3.49. The molecular weight excluding hydrogens is 366 g/mol. The molecule has 0 bridgehead atoms. The number of nitrogens with zero attached hydrogens (tertiary/aromatic N) is 4. The average molecular weight is 400 g/mol. The maximum atomic E-state index is 12.6. The number of nitrogens with one attached hydrogen (secondary N) is 1. The van der Waals surface area contributed by atoms with Gasteiger partial charge in [-0.3, -0.25) is 19.7 Å². The smallest absolute Gasteiger partial charge is 0.245 e. The predicted molar refractivity (Wildman–Crippen MR) is 114 cm³/mol. The quantitative estimate of drug-likeness (QED) is 0.588. The van der Waals surface area contributed by atoms with E-state index < -0.39 is 6.04 Å². The molecule has 0 aliphatic rings. The third-order valence-corrected chi connectivity index (χ3v) is 5.24. The van der Waals surface area contributed by atoms with Gasteiger partial charge in [0, 0.05) is 49.7 Å². The first-order chi connectivity index (χ1) is 14.0. The highest BCUT2D eigenvalue weighted by Gasteiger charge is 2.26. The fourth-order valence-corrected chi connectivity index (χ4v) is 3.49. The van der Waals surface area contributed by atoms with Crippen LogP contribution in [0.4, 0.5) is 0 Å². The number of carbonyl (C=O) groups is 2. The Balaban J connectivity index is 1.81. The Morgan fingerprint density at radius 1 is 1.14 bits per heavy atom. The Hall–Kier alpha value is -2.70. The third kappa shape index (κ3) is 6.14. The molecule has 2 heterocycles. The molecule has 2 aromatic heterocycles. The molecule has 0 aliphatic heterocycles. The van der Waals surface area contributed by atoms with Crippen molar-refractivity contribution in [3.05, 3.63) is 36.3 Å². The van der Waals surface area contributed by atoms with Crippen LogP contribution in [-0.2, 0) is 16.0 Å². The van der Waals surface area contributed by atoms with E-state index in [1.165, 1.54) is 0 Å². The van der Waals surface area contributed by atoms with E-state index in [0.717, 1.165) is 36.2 Å². The van der Waals surface area contributed by atoms with Crippen LogP contribution in [0.5, 0.6) is 0 Å². The zero-order valence-electron chi connectivity index (χ0n) is 18.0. The Bertz CT molecular complexity index is 771. The molecule has 29 heavy (non-hydrogen) atoms. The van der Waals surface area contributed by atoms with Crippen molar-refractivity contribution in [1.29, 1.82) is 0 Å². The van der Waals surface area contributed by atoms with Gasteiger partial charge < -0.3 is 9.80 Å². The summed E-state index contributed by atoms with van der Waals surface area (Å²) in [4.78, 5) is 32.8. The highest BCUT2D eigenvalue weighted by Crippen LogP contribution is 2.17. The van der Waals surface area contributed by atoms with Gasteiger partial charge in [0.05, 0.1) is 5.69 Å². The molecule has 0 radical (unpaired) electrons. The van der Waals surface area contributed by atoms with Crippen LogP contribution in [0.15, 0.2) is 30.6 Å². The number of hydrogen-bond donors (Lipinski definition) is 1. The summed E-state index contributed by atoms with van der Waals surface area (Å²) in [7, 11) is 0. The summed E-state index contributed by atoms with van der Waals surface area (Å²) in [6, 6.07) is 5.48. The molecule has 7 heteroatoms. The highest BCUT2D eigenvalue weighted by molar-refractivity contribution is 5.87. The van der Waals surface area contributed by atoms with Gasteiger partial charge in [0.15, 0.2) is 0 Å². The van der Waals surface area contributed by atoms with Crippen LogP contribution in [0.3, 0.4) is 0 Å². The minimum absolute atomic E-state index is 0.0191. The van der Waals surface area contributed by atoms with Crippen molar-refractivity contribution in [3.8, 4) is 11.3 Å². The maximum absolute atomic E-state index is 12.6. The molecule has 0 saturated carbocycles. The van der Waals surface area contributed by atoms with Gasteiger partial charge in [-0.25, -0.2) is 0 Å². The molecule has 2 amide bonds. The summed E-state index contributed by atoms with van der Waals surface area (Å²) in [6.45, 7) is 9.54. The molecule has 2 rings (SSSR count). The minimum atomic E-state index is -0.415. The highest BCUT2D eigenvalue weighted by atomic mass is 16.2. The Morgan fingerprint density at radius 2 is 1.90 bits per heavy atom. The Morgan fingerprint density at radius 3 is 2.52 bits per heavy atom. The molecule has 7 nitrogen and oxygen atoms in total. The molecule has 1 N–H and O–H groups in total. The van der Waals surface area contributed by atoms with Gasteiger partial charge in [0.2, 0.25) is 11.8 Å². The third-order valence-electron chi connectivity index (χ3n) is 5.24. The van der Waals surface area contributed by atoms with E-state index in [2.05, 4.69) is 15.2 Å². The van der Waals surface area contributed by atoms with Crippen LogP contribution >= 0.6 is 0 Å². The van der Waals surface area contributed by atoms with Gasteiger partial charge in [-0.2, -0.15) is 5.10 Å². The standard InChI is InChI=1S/C22H33N5O2/c1-5-26(6-2)22(29)17(4)27(7-3)21(28)13-9-8-12-19-15-20(25-24-19)18-11-10-14-23-16-18/h10-11,14-17H,5-9,12-13H2,1-4H3,(H,24,25). The molecular formula is C22H33N5O2. The van der Waals surface area contributed by atoms with E-state index >= 15 is 0 Å². The molecule has 158 valence electrons. The zero-order chi connectivity index (χ0) is 21.2. The second-order valence-electron chi connectivity index (χ2n) is 7.09. The minimum Gasteiger partial charge on any atom is -0.341 e. The van der Waals surface area contributed by atoms with E-state index in [9.17, 15) is 9.59 Å². The zero-order valence-corrected chi connectivity index (χ0v) is 18.0. The predicted octanol–water partition coefficient (Wildman–Crippen LogP) is 3.29. The largest absolute Gasteiger partial charge is 0.341 e. The number of likely N-dealkylation sites (N-methyl/N-ethyl adjacent to an activating group) is 2. The fraction of sp³-hybridized carbons (Fsp3) is 0.545. The Kier molecular flexibility index (Phi) is 8.83. The van der Waals surface area contributed by atoms with Gasteiger partial charge >= 0.3 is 0 Å². The molecule has 2 aromatic rings. The van der Waals surface area contributed by atoms with Gasteiger partial charge in [0.1, 0.15) is 6.04 Å². The lowest BCUT2D eigenvalue weighted by molar-refractivity contribution is -0.144. The summed E-state index contributed by atoms with van der Waals surface area (Å²) >= 11 is 0. The molecule has 0 aliphatic carbocycles. The van der Waals surface area contributed by atoms with Crippen LogP contribution < -0.4 is 0 Å². The van der Waals surface area contributed by atoms with Crippen molar-refractivity contribution in [2.24, 2.45) is 0 Å². The number of aromatic amines is 1. The average Bonchev–Trinajstić information content (AvgIpc) is 3.22. The number of pyridine rings is 1. The van der Waals surface area contributed by atoms with E-state index in [4.69, 9.17) is 0 Å². The van der Waals surface area contributed by atoms with Crippen LogP contribution in [0, 0.1) is 0 Å². The lowest BCUT2D eigenvalue weighted by atomic mass is 10.1. The lowest BCUT2D eigenvalue weighted by Gasteiger charge is -2.31. The lowest BCUT2D eigenvalue weighted by Crippen LogP contribution is -2.49. The van der Waals surface area contributed by atoms with Crippen molar-refractivity contribution in [2.45, 2.75) is 59.4 Å². The van der Waals surface area contributed by atoms with E-state index in [1.54, 1.807) is 22.2 Å². The van der Waals surface area contributed by atoms with Crippen molar-refractivity contribution >= 4 is 11.8 Å². The number of carbonyl (C=O) groups excluding carboxylic acids is 2. The van der Waals surface area contributed by atoms with Crippen LogP contribution in [-0.4, -0.2) is 62.5 Å². The Labute approximate surface area is 173 Å². The topological polar surface area (TPSA) is 82.2 Å². The summed E-state index contributed by atoms with van der Waals surface area (Å²) in [6.07, 6.45) is 6.48.